The molecule has 2 N–H and O–H groups in total. The molecule has 0 aliphatic rings. The molecule has 0 aromatic rings. The SMILES string of the molecule is CCCCCCCCCCCC(=O)NCCC(=O)O.[H-].[K+]. The summed E-state index contributed by atoms with van der Waals surface area (Å²) in [7, 11) is 0. The summed E-state index contributed by atoms with van der Waals surface area (Å²) in [5, 5.41) is 11.0. The molecule has 0 aromatic heterocycles. The number of hydrogen-bond acceptors (Lipinski definition) is 2. The van der Waals surface area contributed by atoms with Crippen LogP contribution in [0.1, 0.15) is 79.0 Å². The van der Waals surface area contributed by atoms with Gasteiger partial charge in [0.1, 0.15) is 0 Å². The number of rotatable bonds is 13. The Morgan fingerprint density at radius 3 is 1.90 bits per heavy atom. The molecule has 0 bridgehead atoms. The fourth-order valence-corrected chi connectivity index (χ4v) is 1.99. The Labute approximate surface area is 167 Å². The number of hydrogen-bond donors (Lipinski definition) is 2. The van der Waals surface area contributed by atoms with E-state index in [9.17, 15) is 9.59 Å². The zero-order valence-corrected chi connectivity index (χ0v) is 16.4. The third-order valence-corrected chi connectivity index (χ3v) is 3.17. The number of amides is 1. The van der Waals surface area contributed by atoms with E-state index in [1.807, 2.05) is 0 Å². The van der Waals surface area contributed by atoms with E-state index in [1.54, 1.807) is 0 Å². The first-order chi connectivity index (χ1) is 9.16. The second-order valence-electron chi connectivity index (χ2n) is 5.07. The quantitative estimate of drug-likeness (QED) is 0.387. The number of carbonyl (C=O) groups is 2. The third kappa shape index (κ3) is 18.6. The molecule has 20 heavy (non-hydrogen) atoms. The summed E-state index contributed by atoms with van der Waals surface area (Å²) in [6, 6.07) is 0. The van der Waals surface area contributed by atoms with Gasteiger partial charge in [0.15, 0.2) is 0 Å². The fourth-order valence-electron chi connectivity index (χ4n) is 1.99. The largest absolute Gasteiger partial charge is 1.00 e. The van der Waals surface area contributed by atoms with E-state index in [1.165, 1.54) is 44.9 Å². The van der Waals surface area contributed by atoms with Crippen molar-refractivity contribution in [2.75, 3.05) is 6.54 Å². The van der Waals surface area contributed by atoms with E-state index in [2.05, 4.69) is 12.2 Å². The van der Waals surface area contributed by atoms with Gasteiger partial charge in [0.2, 0.25) is 5.91 Å². The molecule has 0 aromatic carbocycles. The number of carbonyl (C=O) groups excluding carboxylic acids is 1. The average Bonchev–Trinajstić information content (AvgIpc) is 2.36. The maximum atomic E-state index is 11.3. The van der Waals surface area contributed by atoms with Crippen LogP contribution < -0.4 is 56.7 Å². The van der Waals surface area contributed by atoms with E-state index >= 15 is 0 Å². The van der Waals surface area contributed by atoms with Gasteiger partial charge < -0.3 is 11.8 Å². The molecule has 0 radical (unpaired) electrons. The van der Waals surface area contributed by atoms with Crippen molar-refractivity contribution in [3.8, 4) is 0 Å². The summed E-state index contributed by atoms with van der Waals surface area (Å²) in [6.07, 6.45) is 11.6. The van der Waals surface area contributed by atoms with Gasteiger partial charge in [-0.1, -0.05) is 58.3 Å². The number of aliphatic carboxylic acids is 1. The van der Waals surface area contributed by atoms with Crippen LogP contribution in [0.3, 0.4) is 0 Å². The van der Waals surface area contributed by atoms with Crippen molar-refractivity contribution in [3.63, 3.8) is 0 Å². The van der Waals surface area contributed by atoms with Crippen molar-refractivity contribution in [1.29, 1.82) is 0 Å². The fraction of sp³-hybridized carbons (Fsp3) is 0.867. The van der Waals surface area contributed by atoms with Crippen LogP contribution in [0.15, 0.2) is 0 Å². The van der Waals surface area contributed by atoms with Gasteiger partial charge in [-0.25, -0.2) is 0 Å². The number of nitrogens with one attached hydrogen (secondary N) is 1. The Morgan fingerprint density at radius 2 is 1.40 bits per heavy atom. The second kappa shape index (κ2) is 17.6. The molecule has 0 aliphatic heterocycles. The summed E-state index contributed by atoms with van der Waals surface area (Å²) < 4.78 is 0. The van der Waals surface area contributed by atoms with E-state index in [0.717, 1.165) is 12.8 Å². The zero-order valence-electron chi connectivity index (χ0n) is 14.2. The van der Waals surface area contributed by atoms with Crippen molar-refractivity contribution in [2.45, 2.75) is 77.6 Å². The number of unbranched alkanes of at least 4 members (excludes halogenated alkanes) is 8. The minimum atomic E-state index is -0.872. The Kier molecular flexibility index (Phi) is 20.1. The number of carboxylic acids is 1. The summed E-state index contributed by atoms with van der Waals surface area (Å²) >= 11 is 0. The van der Waals surface area contributed by atoms with Gasteiger partial charge in [-0.05, 0) is 6.42 Å². The van der Waals surface area contributed by atoms with Crippen LogP contribution in [-0.4, -0.2) is 23.5 Å². The van der Waals surface area contributed by atoms with E-state index in [0.29, 0.717) is 6.42 Å². The van der Waals surface area contributed by atoms with Gasteiger partial charge in [0.05, 0.1) is 6.42 Å². The van der Waals surface area contributed by atoms with E-state index in [4.69, 9.17) is 5.11 Å². The predicted molar refractivity (Wildman–Crippen MR) is 78.2 cm³/mol. The molecule has 1 amide bonds. The Bertz CT molecular complexity index is 253. The van der Waals surface area contributed by atoms with Crippen LogP contribution in [0, 0.1) is 0 Å². The molecular weight excluding hydrogens is 281 g/mol. The molecule has 0 atom stereocenters. The Hall–Kier alpha value is 0.576. The Balaban J connectivity index is -0.00000162. The van der Waals surface area contributed by atoms with Gasteiger partial charge in [0, 0.05) is 13.0 Å². The summed E-state index contributed by atoms with van der Waals surface area (Å²) in [6.45, 7) is 2.47. The first-order valence-electron chi connectivity index (χ1n) is 7.65. The van der Waals surface area contributed by atoms with Gasteiger partial charge >= 0.3 is 57.4 Å². The van der Waals surface area contributed by atoms with Crippen LogP contribution in [0.2, 0.25) is 0 Å². The molecule has 0 rings (SSSR count). The summed E-state index contributed by atoms with van der Waals surface area (Å²) in [5.74, 6) is -0.896. The van der Waals surface area contributed by atoms with E-state index < -0.39 is 5.97 Å². The van der Waals surface area contributed by atoms with E-state index in [-0.39, 0.29) is 71.7 Å². The first-order valence-corrected chi connectivity index (χ1v) is 7.65. The van der Waals surface area contributed by atoms with Crippen LogP contribution in [0.25, 0.3) is 0 Å². The summed E-state index contributed by atoms with van der Waals surface area (Å²) in [4.78, 5) is 21.6. The average molecular weight is 312 g/mol. The molecule has 0 fully saturated rings. The first kappa shape index (κ1) is 22.9. The molecule has 5 heteroatoms. The van der Waals surface area contributed by atoms with Crippen molar-refractivity contribution in [2.24, 2.45) is 0 Å². The molecule has 0 aliphatic carbocycles. The Morgan fingerprint density at radius 1 is 0.900 bits per heavy atom. The van der Waals surface area contributed by atoms with Gasteiger partial charge in [-0.2, -0.15) is 0 Å². The van der Waals surface area contributed by atoms with Crippen LogP contribution in [-0.2, 0) is 9.59 Å². The van der Waals surface area contributed by atoms with Crippen LogP contribution >= 0.6 is 0 Å². The minimum absolute atomic E-state index is 0. The smallest absolute Gasteiger partial charge is 1.00 e. The summed E-state index contributed by atoms with van der Waals surface area (Å²) in [5.41, 5.74) is 0. The number of carboxylic acid groups (broad SMARTS) is 1. The minimum Gasteiger partial charge on any atom is -1.00 e. The maximum Gasteiger partial charge on any atom is 1.00 e. The molecule has 0 saturated heterocycles. The zero-order chi connectivity index (χ0) is 14.3. The molecule has 0 unspecified atom stereocenters. The molecule has 0 saturated carbocycles. The molecular formula is C15H30KNO3. The third-order valence-electron chi connectivity index (χ3n) is 3.17. The van der Waals surface area contributed by atoms with Crippen molar-refractivity contribution in [1.82, 2.24) is 5.32 Å². The predicted octanol–water partition coefficient (Wildman–Crippen LogP) is 0.615. The topological polar surface area (TPSA) is 66.4 Å². The molecule has 4 nitrogen and oxygen atoms in total. The van der Waals surface area contributed by atoms with Crippen LogP contribution in [0.4, 0.5) is 0 Å². The van der Waals surface area contributed by atoms with Gasteiger partial charge in [-0.3, -0.25) is 9.59 Å². The monoisotopic (exact) mass is 311 g/mol. The second-order valence-corrected chi connectivity index (χ2v) is 5.07. The standard InChI is InChI=1S/C15H29NO3.K.H/c1-2-3-4-5-6-7-8-9-10-11-14(17)16-13-12-15(18)19;;/h2-13H2,1H3,(H,16,17)(H,18,19);;/q;+1;-1. The normalized spacial score (nSPS) is 9.85. The maximum absolute atomic E-state index is 11.3. The molecule has 0 spiro atoms. The van der Waals surface area contributed by atoms with Crippen molar-refractivity contribution >= 4 is 11.9 Å². The molecule has 114 valence electrons. The van der Waals surface area contributed by atoms with Crippen molar-refractivity contribution < 1.29 is 67.5 Å². The van der Waals surface area contributed by atoms with Gasteiger partial charge in [-0.15, -0.1) is 0 Å². The van der Waals surface area contributed by atoms with Crippen molar-refractivity contribution in [3.05, 3.63) is 0 Å². The molecule has 0 heterocycles. The van der Waals surface area contributed by atoms with Crippen LogP contribution in [0.5, 0.6) is 0 Å². The van der Waals surface area contributed by atoms with Gasteiger partial charge in [0.25, 0.3) is 0 Å².